The molecule has 1 fully saturated rings. The fourth-order valence-electron chi connectivity index (χ4n) is 4.75. The molecule has 0 aromatic heterocycles. The van der Waals surface area contributed by atoms with Crippen LogP contribution in [0.3, 0.4) is 0 Å². The van der Waals surface area contributed by atoms with E-state index in [1.165, 1.54) is 32.1 Å². The van der Waals surface area contributed by atoms with Crippen molar-refractivity contribution in [2.75, 3.05) is 20.2 Å². The van der Waals surface area contributed by atoms with Gasteiger partial charge in [-0.3, -0.25) is 9.69 Å². The van der Waals surface area contributed by atoms with Crippen LogP contribution in [-0.2, 0) is 4.79 Å². The van der Waals surface area contributed by atoms with Crippen molar-refractivity contribution in [3.8, 4) is 5.75 Å². The number of likely N-dealkylation sites (N-methyl/N-ethyl adjacent to an activating group) is 1. The van der Waals surface area contributed by atoms with Crippen LogP contribution < -0.4 is 4.74 Å². The van der Waals surface area contributed by atoms with E-state index in [4.69, 9.17) is 21.4 Å². The first-order valence-corrected chi connectivity index (χ1v) is 12.0. The molecule has 5 nitrogen and oxygen atoms in total. The summed E-state index contributed by atoms with van der Waals surface area (Å²) in [5.74, 6) is 0.857. The lowest BCUT2D eigenvalue weighted by Crippen LogP contribution is -2.41. The molecule has 2 aromatic carbocycles. The third-order valence-electron chi connectivity index (χ3n) is 6.51. The van der Waals surface area contributed by atoms with Crippen LogP contribution in [0.4, 0.5) is 0 Å². The molecule has 2 aliphatic rings. The Kier molecular flexibility index (Phi) is 7.48. The molecule has 170 valence electrons. The molecule has 6 heteroatoms. The molecule has 1 saturated carbocycles. The van der Waals surface area contributed by atoms with E-state index in [0.29, 0.717) is 30.6 Å². The van der Waals surface area contributed by atoms with Crippen LogP contribution in [0.15, 0.2) is 53.6 Å². The van der Waals surface area contributed by atoms with Gasteiger partial charge in [0.05, 0.1) is 24.9 Å². The molecule has 1 amide bonds. The van der Waals surface area contributed by atoms with Crippen molar-refractivity contribution < 1.29 is 9.53 Å². The van der Waals surface area contributed by atoms with Crippen molar-refractivity contribution >= 4 is 23.2 Å². The van der Waals surface area contributed by atoms with E-state index in [0.717, 1.165) is 22.6 Å². The lowest BCUT2D eigenvalue weighted by Gasteiger charge is -2.32. The van der Waals surface area contributed by atoms with Crippen molar-refractivity contribution in [1.82, 2.24) is 9.91 Å². The Hall–Kier alpha value is -2.37. The molecule has 1 aliphatic carbocycles. The highest BCUT2D eigenvalue weighted by Gasteiger charge is 2.34. The molecule has 1 heterocycles. The largest absolute Gasteiger partial charge is 0.494 e. The van der Waals surface area contributed by atoms with E-state index in [1.54, 1.807) is 5.01 Å². The summed E-state index contributed by atoms with van der Waals surface area (Å²) in [6.45, 7) is 2.97. The summed E-state index contributed by atoms with van der Waals surface area (Å²) in [5.41, 5.74) is 2.79. The number of rotatable bonds is 7. The molecular weight excluding hydrogens is 422 g/mol. The van der Waals surface area contributed by atoms with E-state index in [9.17, 15) is 4.79 Å². The van der Waals surface area contributed by atoms with Crippen molar-refractivity contribution in [2.45, 2.75) is 57.5 Å². The Morgan fingerprint density at radius 2 is 1.84 bits per heavy atom. The average Bonchev–Trinajstić information content (AvgIpc) is 3.26. The van der Waals surface area contributed by atoms with Crippen LogP contribution in [0.1, 0.15) is 62.6 Å². The van der Waals surface area contributed by atoms with Crippen LogP contribution in [0.5, 0.6) is 5.75 Å². The number of benzene rings is 2. The summed E-state index contributed by atoms with van der Waals surface area (Å²) in [7, 11) is 2.06. The van der Waals surface area contributed by atoms with Crippen molar-refractivity contribution in [3.05, 3.63) is 64.7 Å². The Bertz CT molecular complexity index is 954. The van der Waals surface area contributed by atoms with E-state index in [-0.39, 0.29) is 11.9 Å². The predicted molar refractivity (Wildman–Crippen MR) is 129 cm³/mol. The van der Waals surface area contributed by atoms with Crippen LogP contribution >= 0.6 is 11.6 Å². The third-order valence-corrected chi connectivity index (χ3v) is 6.84. The number of halogens is 1. The summed E-state index contributed by atoms with van der Waals surface area (Å²) < 4.78 is 5.59. The van der Waals surface area contributed by atoms with Crippen LogP contribution in [-0.4, -0.2) is 47.8 Å². The molecule has 32 heavy (non-hydrogen) atoms. The number of carbonyl (C=O) groups excluding carboxylic acids is 1. The first-order valence-electron chi connectivity index (χ1n) is 11.6. The Morgan fingerprint density at radius 3 is 2.53 bits per heavy atom. The zero-order chi connectivity index (χ0) is 22.5. The third kappa shape index (κ3) is 5.16. The number of ether oxygens (including phenoxy) is 1. The summed E-state index contributed by atoms with van der Waals surface area (Å²) in [5, 5.41) is 7.12. The standard InChI is InChI=1S/C26H32ClN3O2/c1-3-32-21-15-13-19(14-16-21)25-17-24(22-11-7-8-12-23(22)27)28-30(25)26(31)18-29(2)20-9-5-4-6-10-20/h7-8,11-16,20,25H,3-6,9-10,17-18H2,1-2H3/t25-/m0/s1. The maximum atomic E-state index is 13.4. The summed E-state index contributed by atoms with van der Waals surface area (Å²) in [4.78, 5) is 15.6. The fourth-order valence-corrected chi connectivity index (χ4v) is 4.99. The second-order valence-corrected chi connectivity index (χ2v) is 9.10. The molecule has 1 atom stereocenters. The lowest BCUT2D eigenvalue weighted by atomic mass is 9.94. The normalized spacial score (nSPS) is 19.3. The SMILES string of the molecule is CCOc1ccc([C@@H]2CC(c3ccccc3Cl)=NN2C(=O)CN(C)C2CCCCC2)cc1. The minimum Gasteiger partial charge on any atom is -0.494 e. The van der Waals surface area contributed by atoms with Crippen LogP contribution in [0.2, 0.25) is 5.02 Å². The first kappa shape index (κ1) is 22.8. The summed E-state index contributed by atoms with van der Waals surface area (Å²) >= 11 is 6.46. The second-order valence-electron chi connectivity index (χ2n) is 8.69. The van der Waals surface area contributed by atoms with Gasteiger partial charge in [-0.05, 0) is 50.6 Å². The second kappa shape index (κ2) is 10.5. The maximum absolute atomic E-state index is 13.4. The summed E-state index contributed by atoms with van der Waals surface area (Å²) in [6.07, 6.45) is 6.76. The smallest absolute Gasteiger partial charge is 0.257 e. The molecule has 0 spiro atoms. The lowest BCUT2D eigenvalue weighted by molar-refractivity contribution is -0.134. The molecule has 0 unspecified atom stereocenters. The van der Waals surface area contributed by atoms with Gasteiger partial charge < -0.3 is 4.74 Å². The number of hydrogen-bond donors (Lipinski definition) is 0. The fraction of sp³-hybridized carbons (Fsp3) is 0.462. The average molecular weight is 454 g/mol. The molecule has 0 radical (unpaired) electrons. The van der Waals surface area contributed by atoms with Crippen LogP contribution in [0.25, 0.3) is 0 Å². The molecule has 1 aliphatic heterocycles. The number of amides is 1. The quantitative estimate of drug-likeness (QED) is 0.541. The van der Waals surface area contributed by atoms with Crippen molar-refractivity contribution in [3.63, 3.8) is 0 Å². The minimum atomic E-state index is -0.149. The highest BCUT2D eigenvalue weighted by atomic mass is 35.5. The van der Waals surface area contributed by atoms with Gasteiger partial charge in [0.2, 0.25) is 0 Å². The summed E-state index contributed by atoms with van der Waals surface area (Å²) in [6, 6.07) is 16.0. The van der Waals surface area contributed by atoms with Gasteiger partial charge in [-0.25, -0.2) is 5.01 Å². The van der Waals surface area contributed by atoms with E-state index < -0.39 is 0 Å². The van der Waals surface area contributed by atoms with Gasteiger partial charge >= 0.3 is 0 Å². The molecular formula is C26H32ClN3O2. The van der Waals surface area contributed by atoms with Crippen LogP contribution in [0, 0.1) is 0 Å². The Balaban J connectivity index is 1.57. The van der Waals surface area contributed by atoms with Gasteiger partial charge in [0.1, 0.15) is 5.75 Å². The predicted octanol–water partition coefficient (Wildman–Crippen LogP) is 5.68. The van der Waals surface area contributed by atoms with Gasteiger partial charge in [0.25, 0.3) is 5.91 Å². The molecule has 2 aromatic rings. The zero-order valence-electron chi connectivity index (χ0n) is 19.0. The van der Waals surface area contributed by atoms with Gasteiger partial charge in [0.15, 0.2) is 0 Å². The Labute approximate surface area is 196 Å². The van der Waals surface area contributed by atoms with E-state index in [1.807, 2.05) is 55.5 Å². The van der Waals surface area contributed by atoms with Crippen molar-refractivity contribution in [1.29, 1.82) is 0 Å². The molecule has 0 N–H and O–H groups in total. The maximum Gasteiger partial charge on any atom is 0.257 e. The zero-order valence-corrected chi connectivity index (χ0v) is 19.7. The number of nitrogens with zero attached hydrogens (tertiary/aromatic N) is 3. The van der Waals surface area contributed by atoms with E-state index in [2.05, 4.69) is 11.9 Å². The first-order chi connectivity index (χ1) is 15.6. The highest BCUT2D eigenvalue weighted by Crippen LogP contribution is 2.35. The molecule has 0 bridgehead atoms. The molecule has 4 rings (SSSR count). The highest BCUT2D eigenvalue weighted by molar-refractivity contribution is 6.34. The number of carbonyl (C=O) groups is 1. The number of hydrogen-bond acceptors (Lipinski definition) is 4. The van der Waals surface area contributed by atoms with E-state index >= 15 is 0 Å². The number of hydrazone groups is 1. The van der Waals surface area contributed by atoms with Gasteiger partial charge in [-0.2, -0.15) is 5.10 Å². The monoisotopic (exact) mass is 453 g/mol. The topological polar surface area (TPSA) is 45.1 Å². The van der Waals surface area contributed by atoms with Gasteiger partial charge in [0, 0.05) is 23.0 Å². The Morgan fingerprint density at radius 1 is 1.12 bits per heavy atom. The van der Waals surface area contributed by atoms with Crippen molar-refractivity contribution in [2.24, 2.45) is 5.10 Å². The van der Waals surface area contributed by atoms with Gasteiger partial charge in [-0.15, -0.1) is 0 Å². The van der Waals surface area contributed by atoms with Gasteiger partial charge in [-0.1, -0.05) is 61.2 Å². The minimum absolute atomic E-state index is 0.0269. The molecule has 0 saturated heterocycles.